The second-order valence-electron chi connectivity index (χ2n) is 2.70. The fourth-order valence-corrected chi connectivity index (χ4v) is 0.973. The highest BCUT2D eigenvalue weighted by molar-refractivity contribution is 6.30. The highest BCUT2D eigenvalue weighted by atomic mass is 35.5. The minimum atomic E-state index is 0.391. The van der Waals surface area contributed by atoms with Gasteiger partial charge in [0.25, 0.3) is 0 Å². The molecule has 0 atom stereocenters. The largest absolute Gasteiger partial charge is 0.476 e. The molecule has 0 aliphatic carbocycles. The molecule has 1 aromatic rings. The molecule has 6 heteroatoms. The number of aromatic nitrogens is 1. The van der Waals surface area contributed by atoms with E-state index in [1.807, 2.05) is 0 Å². The van der Waals surface area contributed by atoms with Crippen molar-refractivity contribution in [2.24, 2.45) is 10.7 Å². The molecule has 0 spiro atoms. The number of hydrogen-bond acceptors (Lipinski definition) is 3. The van der Waals surface area contributed by atoms with Crippen molar-refractivity contribution in [3.05, 3.63) is 23.4 Å². The molecule has 0 radical (unpaired) electrons. The molecule has 0 unspecified atom stereocenters. The minimum Gasteiger partial charge on any atom is -0.476 e. The van der Waals surface area contributed by atoms with Crippen molar-refractivity contribution in [1.29, 1.82) is 0 Å². The van der Waals surface area contributed by atoms with Crippen LogP contribution in [0.5, 0.6) is 5.88 Å². The minimum absolute atomic E-state index is 0.391. The predicted molar refractivity (Wildman–Crippen MR) is 60.3 cm³/mol. The van der Waals surface area contributed by atoms with Crippen molar-refractivity contribution in [1.82, 2.24) is 10.3 Å². The molecule has 1 rings (SSSR count). The molecule has 0 aliphatic rings. The van der Waals surface area contributed by atoms with E-state index >= 15 is 0 Å². The Labute approximate surface area is 93.3 Å². The number of guanidine groups is 1. The van der Waals surface area contributed by atoms with Crippen LogP contribution >= 0.6 is 11.6 Å². The first-order valence-corrected chi connectivity index (χ1v) is 4.80. The Balaban J connectivity index is 2.23. The van der Waals surface area contributed by atoms with Crippen LogP contribution in [0.4, 0.5) is 0 Å². The molecule has 5 nitrogen and oxygen atoms in total. The maximum atomic E-state index is 5.67. The summed E-state index contributed by atoms with van der Waals surface area (Å²) >= 11 is 5.67. The van der Waals surface area contributed by atoms with Gasteiger partial charge < -0.3 is 15.8 Å². The summed E-state index contributed by atoms with van der Waals surface area (Å²) in [5.41, 5.74) is 5.42. The maximum absolute atomic E-state index is 5.67. The summed E-state index contributed by atoms with van der Waals surface area (Å²) in [5, 5.41) is 3.45. The molecule has 0 saturated heterocycles. The van der Waals surface area contributed by atoms with Gasteiger partial charge in [-0.05, 0) is 6.07 Å². The summed E-state index contributed by atoms with van der Waals surface area (Å²) in [6, 6.07) is 3.43. The van der Waals surface area contributed by atoms with Crippen LogP contribution in [0.1, 0.15) is 0 Å². The van der Waals surface area contributed by atoms with Gasteiger partial charge in [-0.2, -0.15) is 0 Å². The summed E-state index contributed by atoms with van der Waals surface area (Å²) in [7, 11) is 1.62. The second kappa shape index (κ2) is 6.08. The topological polar surface area (TPSA) is 72.5 Å². The van der Waals surface area contributed by atoms with E-state index in [1.54, 1.807) is 19.2 Å². The number of rotatable bonds is 4. The first-order valence-electron chi connectivity index (χ1n) is 4.43. The number of nitrogens with one attached hydrogen (secondary N) is 1. The maximum Gasteiger partial charge on any atom is 0.213 e. The monoisotopic (exact) mass is 228 g/mol. The van der Waals surface area contributed by atoms with E-state index in [0.29, 0.717) is 30.0 Å². The van der Waals surface area contributed by atoms with E-state index in [9.17, 15) is 0 Å². The van der Waals surface area contributed by atoms with E-state index in [1.165, 1.54) is 6.20 Å². The Morgan fingerprint density at radius 1 is 1.67 bits per heavy atom. The van der Waals surface area contributed by atoms with E-state index in [-0.39, 0.29) is 0 Å². The number of hydrogen-bond donors (Lipinski definition) is 2. The molecule has 0 aliphatic heterocycles. The third-order valence-corrected chi connectivity index (χ3v) is 1.82. The fraction of sp³-hybridized carbons (Fsp3) is 0.333. The molecule has 0 saturated carbocycles. The smallest absolute Gasteiger partial charge is 0.213 e. The van der Waals surface area contributed by atoms with Crippen LogP contribution < -0.4 is 15.8 Å². The average molecular weight is 229 g/mol. The molecule has 0 bridgehead atoms. The zero-order valence-corrected chi connectivity index (χ0v) is 9.16. The number of nitrogens with two attached hydrogens (primary N) is 1. The van der Waals surface area contributed by atoms with Crippen molar-refractivity contribution >= 4 is 17.6 Å². The number of pyridine rings is 1. The summed E-state index contributed by atoms with van der Waals surface area (Å²) in [5.74, 6) is 0.927. The highest BCUT2D eigenvalue weighted by Crippen LogP contribution is 2.10. The Morgan fingerprint density at radius 3 is 3.07 bits per heavy atom. The van der Waals surface area contributed by atoms with E-state index < -0.39 is 0 Å². The van der Waals surface area contributed by atoms with Gasteiger partial charge in [0.2, 0.25) is 5.88 Å². The molecule has 15 heavy (non-hydrogen) atoms. The normalized spacial score (nSPS) is 11.2. The lowest BCUT2D eigenvalue weighted by atomic mass is 10.5. The van der Waals surface area contributed by atoms with Crippen LogP contribution in [0, 0.1) is 0 Å². The SMILES string of the molecule is CN=C(N)NCCOc1ccc(Cl)cn1. The van der Waals surface area contributed by atoms with Crippen LogP contribution in [0.25, 0.3) is 0 Å². The van der Waals surface area contributed by atoms with Gasteiger partial charge >= 0.3 is 0 Å². The first-order chi connectivity index (χ1) is 7.22. The average Bonchev–Trinajstić information content (AvgIpc) is 2.26. The molecular formula is C9H13ClN4O. The number of ether oxygens (including phenoxy) is 1. The molecule has 0 amide bonds. The Hall–Kier alpha value is -1.49. The zero-order chi connectivity index (χ0) is 11.1. The first kappa shape index (κ1) is 11.6. The lowest BCUT2D eigenvalue weighted by Gasteiger charge is -2.06. The van der Waals surface area contributed by atoms with Gasteiger partial charge in [-0.3, -0.25) is 4.99 Å². The molecular weight excluding hydrogens is 216 g/mol. The fourth-order valence-electron chi connectivity index (χ4n) is 0.861. The van der Waals surface area contributed by atoms with Gasteiger partial charge in [-0.1, -0.05) is 11.6 Å². The van der Waals surface area contributed by atoms with E-state index in [2.05, 4.69) is 15.3 Å². The summed E-state index contributed by atoms with van der Waals surface area (Å²) in [6.07, 6.45) is 1.53. The lowest BCUT2D eigenvalue weighted by Crippen LogP contribution is -2.34. The predicted octanol–water partition coefficient (Wildman–Crippen LogP) is 0.648. The number of halogens is 1. The molecule has 1 aromatic heterocycles. The molecule has 0 fully saturated rings. The highest BCUT2D eigenvalue weighted by Gasteiger charge is 1.95. The Kier molecular flexibility index (Phi) is 4.70. The quantitative estimate of drug-likeness (QED) is 0.451. The number of aliphatic imine (C=N–C) groups is 1. The van der Waals surface area contributed by atoms with Crippen LogP contribution in [0.15, 0.2) is 23.3 Å². The Morgan fingerprint density at radius 2 is 2.47 bits per heavy atom. The van der Waals surface area contributed by atoms with Crippen molar-refractivity contribution < 1.29 is 4.74 Å². The van der Waals surface area contributed by atoms with Gasteiger partial charge in [0, 0.05) is 19.3 Å². The van der Waals surface area contributed by atoms with E-state index in [4.69, 9.17) is 22.1 Å². The molecule has 1 heterocycles. The molecule has 82 valence electrons. The van der Waals surface area contributed by atoms with Crippen LogP contribution in [-0.2, 0) is 0 Å². The van der Waals surface area contributed by atoms with Gasteiger partial charge in [0.15, 0.2) is 5.96 Å². The third kappa shape index (κ3) is 4.51. The van der Waals surface area contributed by atoms with Crippen molar-refractivity contribution in [3.8, 4) is 5.88 Å². The van der Waals surface area contributed by atoms with Gasteiger partial charge in [0.05, 0.1) is 11.6 Å². The summed E-state index contributed by atoms with van der Waals surface area (Å²) in [6.45, 7) is 1.04. The van der Waals surface area contributed by atoms with E-state index in [0.717, 1.165) is 0 Å². The van der Waals surface area contributed by atoms with Crippen molar-refractivity contribution in [2.75, 3.05) is 20.2 Å². The second-order valence-corrected chi connectivity index (χ2v) is 3.14. The van der Waals surface area contributed by atoms with Crippen molar-refractivity contribution in [2.45, 2.75) is 0 Å². The van der Waals surface area contributed by atoms with Crippen LogP contribution in [0.2, 0.25) is 5.02 Å². The van der Waals surface area contributed by atoms with Crippen molar-refractivity contribution in [3.63, 3.8) is 0 Å². The summed E-state index contributed by atoms with van der Waals surface area (Å²) < 4.78 is 5.31. The Bertz CT molecular complexity index is 325. The van der Waals surface area contributed by atoms with Crippen LogP contribution in [0.3, 0.4) is 0 Å². The molecule has 3 N–H and O–H groups in total. The lowest BCUT2D eigenvalue weighted by molar-refractivity contribution is 0.310. The van der Waals surface area contributed by atoms with Crippen LogP contribution in [-0.4, -0.2) is 31.1 Å². The van der Waals surface area contributed by atoms with Gasteiger partial charge in [0.1, 0.15) is 6.61 Å². The number of nitrogens with zero attached hydrogens (tertiary/aromatic N) is 2. The summed E-state index contributed by atoms with van der Waals surface area (Å²) in [4.78, 5) is 7.71. The third-order valence-electron chi connectivity index (χ3n) is 1.60. The van der Waals surface area contributed by atoms with Gasteiger partial charge in [-0.25, -0.2) is 4.98 Å². The zero-order valence-electron chi connectivity index (χ0n) is 8.40. The molecule has 0 aromatic carbocycles. The standard InChI is InChI=1S/C9H13ClN4O/c1-12-9(11)13-4-5-15-8-3-2-7(10)6-14-8/h2-3,6H,4-5H2,1H3,(H3,11,12,13). The van der Waals surface area contributed by atoms with Gasteiger partial charge in [-0.15, -0.1) is 0 Å².